The molecule has 1 heterocycles. The van der Waals surface area contributed by atoms with Gasteiger partial charge in [0.25, 0.3) is 0 Å². The molecule has 1 aromatic rings. The molecule has 1 aliphatic carbocycles. The van der Waals surface area contributed by atoms with Gasteiger partial charge in [-0.2, -0.15) is 0 Å². The Labute approximate surface area is 121 Å². The molecule has 20 heavy (non-hydrogen) atoms. The van der Waals surface area contributed by atoms with Crippen LogP contribution in [-0.2, 0) is 0 Å². The lowest BCUT2D eigenvalue weighted by molar-refractivity contribution is 0.122. The molecule has 5 unspecified atom stereocenters. The minimum absolute atomic E-state index is 0.0666. The Balaban J connectivity index is 1.56. The molecule has 1 saturated carbocycles. The highest BCUT2D eigenvalue weighted by atomic mass is 16.3. The number of fused-ring (bicyclic) bond motifs is 1. The normalized spacial score (nSPS) is 33.0. The fraction of sp³-hybridized carbons (Fsp3) is 0.647. The lowest BCUT2D eigenvalue weighted by atomic mass is 9.95. The first-order chi connectivity index (χ1) is 9.65. The lowest BCUT2D eigenvalue weighted by Crippen LogP contribution is -2.33. The molecular weight excluding hydrogens is 248 g/mol. The Morgan fingerprint density at radius 3 is 2.70 bits per heavy atom. The first kappa shape index (κ1) is 14.1. The maximum Gasteiger partial charge on any atom is 0.0583 e. The van der Waals surface area contributed by atoms with Crippen molar-refractivity contribution in [3.05, 3.63) is 35.9 Å². The van der Waals surface area contributed by atoms with Crippen LogP contribution in [0, 0.1) is 17.8 Å². The van der Waals surface area contributed by atoms with E-state index in [0.717, 1.165) is 26.1 Å². The Kier molecular flexibility index (Phi) is 4.11. The Bertz CT molecular complexity index is 436. The molecule has 0 amide bonds. The van der Waals surface area contributed by atoms with Crippen LogP contribution in [0.3, 0.4) is 0 Å². The van der Waals surface area contributed by atoms with E-state index in [2.05, 4.69) is 36.1 Å². The van der Waals surface area contributed by atoms with E-state index in [9.17, 15) is 5.11 Å². The van der Waals surface area contributed by atoms with E-state index in [0.29, 0.717) is 17.8 Å². The molecule has 2 aliphatic rings. The summed E-state index contributed by atoms with van der Waals surface area (Å²) in [6.07, 6.45) is 2.13. The zero-order valence-corrected chi connectivity index (χ0v) is 12.3. The molecule has 1 aromatic carbocycles. The van der Waals surface area contributed by atoms with Gasteiger partial charge in [0.15, 0.2) is 0 Å². The van der Waals surface area contributed by atoms with Gasteiger partial charge in [-0.15, -0.1) is 0 Å². The van der Waals surface area contributed by atoms with Crippen LogP contribution < -0.4 is 5.73 Å². The standard InChI is InChI=1S/C17H26N2O/c1-12(17(18)13-5-3-2-4-6-13)9-19-10-14-7-8-16(20)15(14)11-19/h2-6,12,14-17,20H,7-11,18H2,1H3. The molecule has 0 radical (unpaired) electrons. The predicted molar refractivity (Wildman–Crippen MR) is 81.2 cm³/mol. The van der Waals surface area contributed by atoms with Crippen molar-refractivity contribution >= 4 is 0 Å². The van der Waals surface area contributed by atoms with E-state index >= 15 is 0 Å². The second-order valence-electron chi connectivity index (χ2n) is 6.70. The van der Waals surface area contributed by atoms with E-state index in [1.54, 1.807) is 0 Å². The van der Waals surface area contributed by atoms with Crippen molar-refractivity contribution < 1.29 is 5.11 Å². The fourth-order valence-electron chi connectivity index (χ4n) is 4.00. The minimum Gasteiger partial charge on any atom is -0.393 e. The summed E-state index contributed by atoms with van der Waals surface area (Å²) in [5.41, 5.74) is 7.61. The van der Waals surface area contributed by atoms with Crippen LogP contribution in [0.15, 0.2) is 30.3 Å². The quantitative estimate of drug-likeness (QED) is 0.883. The van der Waals surface area contributed by atoms with Crippen LogP contribution in [0.1, 0.15) is 31.4 Å². The van der Waals surface area contributed by atoms with Crippen LogP contribution in [-0.4, -0.2) is 35.7 Å². The third-order valence-corrected chi connectivity index (χ3v) is 5.24. The summed E-state index contributed by atoms with van der Waals surface area (Å²) in [6.45, 7) is 5.48. The maximum absolute atomic E-state index is 9.99. The van der Waals surface area contributed by atoms with Crippen molar-refractivity contribution in [3.63, 3.8) is 0 Å². The lowest BCUT2D eigenvalue weighted by Gasteiger charge is -2.26. The van der Waals surface area contributed by atoms with Gasteiger partial charge in [-0.05, 0) is 30.2 Å². The molecule has 1 aliphatic heterocycles. The zero-order valence-electron chi connectivity index (χ0n) is 12.3. The molecule has 5 atom stereocenters. The van der Waals surface area contributed by atoms with Crippen molar-refractivity contribution in [2.24, 2.45) is 23.5 Å². The van der Waals surface area contributed by atoms with Crippen LogP contribution in [0.2, 0.25) is 0 Å². The minimum atomic E-state index is -0.0666. The zero-order chi connectivity index (χ0) is 14.1. The van der Waals surface area contributed by atoms with E-state index < -0.39 is 0 Å². The number of likely N-dealkylation sites (tertiary alicyclic amines) is 1. The Morgan fingerprint density at radius 2 is 2.00 bits per heavy atom. The topological polar surface area (TPSA) is 49.5 Å². The second kappa shape index (κ2) is 5.84. The van der Waals surface area contributed by atoms with Gasteiger partial charge in [-0.25, -0.2) is 0 Å². The molecule has 3 heteroatoms. The smallest absolute Gasteiger partial charge is 0.0583 e. The van der Waals surface area contributed by atoms with Gasteiger partial charge in [-0.1, -0.05) is 37.3 Å². The van der Waals surface area contributed by atoms with Crippen molar-refractivity contribution in [1.29, 1.82) is 0 Å². The molecule has 3 N–H and O–H groups in total. The summed E-state index contributed by atoms with van der Waals surface area (Å²) < 4.78 is 0. The van der Waals surface area contributed by atoms with Gasteiger partial charge < -0.3 is 15.7 Å². The van der Waals surface area contributed by atoms with Gasteiger partial charge in [0, 0.05) is 31.6 Å². The monoisotopic (exact) mass is 274 g/mol. The van der Waals surface area contributed by atoms with Gasteiger partial charge in [0.05, 0.1) is 6.10 Å². The van der Waals surface area contributed by atoms with Gasteiger partial charge in [0.2, 0.25) is 0 Å². The molecule has 3 rings (SSSR count). The highest BCUT2D eigenvalue weighted by Crippen LogP contribution is 2.38. The average molecular weight is 274 g/mol. The number of benzene rings is 1. The first-order valence-corrected chi connectivity index (χ1v) is 7.86. The summed E-state index contributed by atoms with van der Waals surface area (Å²) >= 11 is 0. The molecule has 1 saturated heterocycles. The highest BCUT2D eigenvalue weighted by Gasteiger charge is 2.42. The van der Waals surface area contributed by atoms with E-state index in [1.165, 1.54) is 12.0 Å². The summed E-state index contributed by atoms with van der Waals surface area (Å²) in [6, 6.07) is 10.5. The summed E-state index contributed by atoms with van der Waals surface area (Å²) in [5.74, 6) is 1.66. The summed E-state index contributed by atoms with van der Waals surface area (Å²) in [5, 5.41) is 9.99. The summed E-state index contributed by atoms with van der Waals surface area (Å²) in [4.78, 5) is 2.51. The van der Waals surface area contributed by atoms with Crippen molar-refractivity contribution in [2.45, 2.75) is 31.9 Å². The Hall–Kier alpha value is -0.900. The van der Waals surface area contributed by atoms with Crippen LogP contribution in [0.4, 0.5) is 0 Å². The van der Waals surface area contributed by atoms with Crippen molar-refractivity contribution in [1.82, 2.24) is 4.90 Å². The molecule has 110 valence electrons. The van der Waals surface area contributed by atoms with Crippen molar-refractivity contribution in [2.75, 3.05) is 19.6 Å². The van der Waals surface area contributed by atoms with Crippen LogP contribution in [0.5, 0.6) is 0 Å². The largest absolute Gasteiger partial charge is 0.393 e. The molecule has 3 nitrogen and oxygen atoms in total. The third-order valence-electron chi connectivity index (χ3n) is 5.24. The number of aliphatic hydroxyl groups excluding tert-OH is 1. The molecule has 0 spiro atoms. The van der Waals surface area contributed by atoms with E-state index in [1.807, 2.05) is 6.07 Å². The molecule has 2 fully saturated rings. The number of hydrogen-bond donors (Lipinski definition) is 2. The third kappa shape index (κ3) is 2.76. The number of nitrogens with zero attached hydrogens (tertiary/aromatic N) is 1. The van der Waals surface area contributed by atoms with Gasteiger partial charge in [-0.3, -0.25) is 0 Å². The Morgan fingerprint density at radius 1 is 1.25 bits per heavy atom. The number of aliphatic hydroxyl groups is 1. The van der Waals surface area contributed by atoms with Crippen molar-refractivity contribution in [3.8, 4) is 0 Å². The first-order valence-electron chi connectivity index (χ1n) is 7.86. The van der Waals surface area contributed by atoms with Crippen LogP contribution in [0.25, 0.3) is 0 Å². The second-order valence-corrected chi connectivity index (χ2v) is 6.70. The SMILES string of the molecule is CC(CN1CC2CCC(O)C2C1)C(N)c1ccccc1. The van der Waals surface area contributed by atoms with E-state index in [-0.39, 0.29) is 12.1 Å². The molecular formula is C17H26N2O. The molecule has 0 aromatic heterocycles. The maximum atomic E-state index is 9.99. The van der Waals surface area contributed by atoms with E-state index in [4.69, 9.17) is 5.73 Å². The molecule has 0 bridgehead atoms. The predicted octanol–water partition coefficient (Wildman–Crippen LogP) is 2.03. The van der Waals surface area contributed by atoms with Gasteiger partial charge in [0.1, 0.15) is 0 Å². The van der Waals surface area contributed by atoms with Crippen LogP contribution >= 0.6 is 0 Å². The van der Waals surface area contributed by atoms with Gasteiger partial charge >= 0.3 is 0 Å². The summed E-state index contributed by atoms with van der Waals surface area (Å²) in [7, 11) is 0. The highest BCUT2D eigenvalue weighted by molar-refractivity contribution is 5.19. The number of nitrogens with two attached hydrogens (primary N) is 1. The fourth-order valence-corrected chi connectivity index (χ4v) is 4.00. The number of hydrogen-bond acceptors (Lipinski definition) is 3. The number of rotatable bonds is 4. The average Bonchev–Trinajstić information content (AvgIpc) is 3.01.